The number of ether oxygens (including phenoxy) is 2. The summed E-state index contributed by atoms with van der Waals surface area (Å²) in [6, 6.07) is 7.10. The van der Waals surface area contributed by atoms with E-state index in [2.05, 4.69) is 10.3 Å². The minimum Gasteiger partial charge on any atom is -0.493 e. The molecule has 0 saturated carbocycles. The molecule has 0 bridgehead atoms. The molecule has 126 valence electrons. The van der Waals surface area contributed by atoms with Crippen molar-refractivity contribution < 1.29 is 14.3 Å². The van der Waals surface area contributed by atoms with Gasteiger partial charge >= 0.3 is 0 Å². The van der Waals surface area contributed by atoms with E-state index in [0.717, 1.165) is 11.1 Å². The molecule has 24 heavy (non-hydrogen) atoms. The topological polar surface area (TPSA) is 60.5 Å². The minimum atomic E-state index is -0.175. The van der Waals surface area contributed by atoms with Crippen molar-refractivity contribution in [2.75, 3.05) is 14.2 Å². The molecule has 5 heteroatoms. The van der Waals surface area contributed by atoms with Gasteiger partial charge < -0.3 is 14.8 Å². The second-order valence-electron chi connectivity index (χ2n) is 5.28. The molecule has 2 rings (SSSR count). The quantitative estimate of drug-likeness (QED) is 0.881. The zero-order chi connectivity index (χ0) is 17.5. The summed E-state index contributed by atoms with van der Waals surface area (Å²) >= 11 is 0. The van der Waals surface area contributed by atoms with Gasteiger partial charge in [0.25, 0.3) is 5.91 Å². The first-order valence-electron chi connectivity index (χ1n) is 7.70. The van der Waals surface area contributed by atoms with Gasteiger partial charge in [0.1, 0.15) is 0 Å². The number of pyridine rings is 1. The van der Waals surface area contributed by atoms with E-state index in [4.69, 9.17) is 9.47 Å². The zero-order valence-electron chi connectivity index (χ0n) is 14.4. The van der Waals surface area contributed by atoms with Gasteiger partial charge in [-0.05, 0) is 43.7 Å². The van der Waals surface area contributed by atoms with Crippen LogP contribution < -0.4 is 14.8 Å². The highest BCUT2D eigenvalue weighted by atomic mass is 16.5. The molecular formula is C19H22N2O3. The van der Waals surface area contributed by atoms with Crippen molar-refractivity contribution in [2.45, 2.75) is 19.9 Å². The van der Waals surface area contributed by atoms with Crippen LogP contribution in [0.2, 0.25) is 0 Å². The summed E-state index contributed by atoms with van der Waals surface area (Å²) in [5.41, 5.74) is 2.30. The molecule has 0 aliphatic carbocycles. The molecule has 1 amide bonds. The molecule has 1 heterocycles. The summed E-state index contributed by atoms with van der Waals surface area (Å²) in [7, 11) is 3.13. The van der Waals surface area contributed by atoms with Gasteiger partial charge in [0, 0.05) is 23.5 Å². The van der Waals surface area contributed by atoms with Crippen molar-refractivity contribution in [3.8, 4) is 11.5 Å². The lowest BCUT2D eigenvalue weighted by molar-refractivity contribution is 0.0939. The molecule has 0 saturated heterocycles. The fourth-order valence-electron chi connectivity index (χ4n) is 2.44. The van der Waals surface area contributed by atoms with Crippen LogP contribution in [0.5, 0.6) is 11.5 Å². The van der Waals surface area contributed by atoms with Crippen LogP contribution in [0.4, 0.5) is 0 Å². The lowest BCUT2D eigenvalue weighted by Gasteiger charge is -2.16. The van der Waals surface area contributed by atoms with Gasteiger partial charge in [0.15, 0.2) is 11.5 Å². The second-order valence-corrected chi connectivity index (χ2v) is 5.28. The fourth-order valence-corrected chi connectivity index (χ4v) is 2.44. The third-order valence-electron chi connectivity index (χ3n) is 3.67. The highest BCUT2D eigenvalue weighted by molar-refractivity contribution is 5.96. The Kier molecular flexibility index (Phi) is 5.95. The van der Waals surface area contributed by atoms with E-state index in [1.807, 2.05) is 38.1 Å². The summed E-state index contributed by atoms with van der Waals surface area (Å²) < 4.78 is 10.7. The molecule has 1 aromatic heterocycles. The van der Waals surface area contributed by atoms with Crippen molar-refractivity contribution in [1.29, 1.82) is 0 Å². The Morgan fingerprint density at radius 1 is 1.21 bits per heavy atom. The van der Waals surface area contributed by atoms with E-state index in [1.165, 1.54) is 0 Å². The Morgan fingerprint density at radius 3 is 2.50 bits per heavy atom. The lowest BCUT2D eigenvalue weighted by Crippen LogP contribution is -2.26. The first-order valence-corrected chi connectivity index (χ1v) is 7.70. The molecule has 0 fully saturated rings. The normalized spacial score (nSPS) is 12.0. The number of nitrogens with zero attached hydrogens (tertiary/aromatic N) is 1. The largest absolute Gasteiger partial charge is 0.493 e. The summed E-state index contributed by atoms with van der Waals surface area (Å²) in [6.07, 6.45) is 7.18. The molecule has 0 spiro atoms. The Morgan fingerprint density at radius 2 is 1.92 bits per heavy atom. The summed E-state index contributed by atoms with van der Waals surface area (Å²) in [6.45, 7) is 3.84. The van der Waals surface area contributed by atoms with Crippen LogP contribution in [0.15, 0.2) is 42.7 Å². The number of carbonyl (C=O) groups is 1. The Hall–Kier alpha value is -2.82. The van der Waals surface area contributed by atoms with Crippen LogP contribution in [0.1, 0.15) is 41.4 Å². The van der Waals surface area contributed by atoms with E-state index in [1.54, 1.807) is 38.7 Å². The zero-order valence-corrected chi connectivity index (χ0v) is 14.4. The highest BCUT2D eigenvalue weighted by Crippen LogP contribution is 2.33. The number of allylic oxidation sites excluding steroid dienone is 1. The molecule has 0 radical (unpaired) electrons. The number of carbonyl (C=O) groups excluding carboxylic acids is 1. The molecule has 0 aliphatic rings. The van der Waals surface area contributed by atoms with Crippen LogP contribution in [0.25, 0.3) is 6.08 Å². The van der Waals surface area contributed by atoms with E-state index in [9.17, 15) is 4.79 Å². The van der Waals surface area contributed by atoms with Crippen LogP contribution in [-0.4, -0.2) is 25.1 Å². The molecule has 1 N–H and O–H groups in total. The summed E-state index contributed by atoms with van der Waals surface area (Å²) in [5.74, 6) is 0.954. The van der Waals surface area contributed by atoms with Gasteiger partial charge in [-0.25, -0.2) is 0 Å². The van der Waals surface area contributed by atoms with E-state index in [0.29, 0.717) is 17.1 Å². The maximum absolute atomic E-state index is 12.6. The predicted octanol–water partition coefficient (Wildman–Crippen LogP) is 3.62. The number of hydrogen-bond donors (Lipinski definition) is 1. The molecule has 1 atom stereocenters. The molecule has 1 aromatic carbocycles. The number of benzene rings is 1. The average Bonchev–Trinajstić information content (AvgIpc) is 2.61. The van der Waals surface area contributed by atoms with Gasteiger partial charge in [-0.3, -0.25) is 9.78 Å². The maximum atomic E-state index is 12.6. The fraction of sp³-hybridized carbons (Fsp3) is 0.263. The van der Waals surface area contributed by atoms with Crippen LogP contribution in [0.3, 0.4) is 0 Å². The van der Waals surface area contributed by atoms with Gasteiger partial charge in [0.05, 0.1) is 20.3 Å². The van der Waals surface area contributed by atoms with Gasteiger partial charge in [-0.2, -0.15) is 0 Å². The molecule has 1 unspecified atom stereocenters. The number of amides is 1. The van der Waals surface area contributed by atoms with Crippen molar-refractivity contribution in [3.63, 3.8) is 0 Å². The predicted molar refractivity (Wildman–Crippen MR) is 94.4 cm³/mol. The van der Waals surface area contributed by atoms with Crippen LogP contribution >= 0.6 is 0 Å². The molecular weight excluding hydrogens is 304 g/mol. The smallest absolute Gasteiger partial charge is 0.251 e. The van der Waals surface area contributed by atoms with Gasteiger partial charge in [0.2, 0.25) is 0 Å². The van der Waals surface area contributed by atoms with Gasteiger partial charge in [-0.15, -0.1) is 0 Å². The number of hydrogen-bond acceptors (Lipinski definition) is 4. The maximum Gasteiger partial charge on any atom is 0.251 e. The number of methoxy groups -OCH3 is 2. The number of rotatable bonds is 6. The van der Waals surface area contributed by atoms with E-state index < -0.39 is 0 Å². The monoisotopic (exact) mass is 326 g/mol. The van der Waals surface area contributed by atoms with Gasteiger partial charge in [-0.1, -0.05) is 12.2 Å². The van der Waals surface area contributed by atoms with E-state index in [-0.39, 0.29) is 11.9 Å². The molecule has 5 nitrogen and oxygen atoms in total. The highest BCUT2D eigenvalue weighted by Gasteiger charge is 2.17. The Bertz CT molecular complexity index is 727. The van der Waals surface area contributed by atoms with E-state index >= 15 is 0 Å². The van der Waals surface area contributed by atoms with Crippen molar-refractivity contribution in [2.24, 2.45) is 0 Å². The van der Waals surface area contributed by atoms with Crippen molar-refractivity contribution in [3.05, 3.63) is 59.4 Å². The second kappa shape index (κ2) is 8.15. The number of nitrogens with one attached hydrogen (secondary N) is 1. The third kappa shape index (κ3) is 3.93. The first-order chi connectivity index (χ1) is 11.6. The third-order valence-corrected chi connectivity index (χ3v) is 3.67. The Balaban J connectivity index is 2.30. The van der Waals surface area contributed by atoms with Crippen molar-refractivity contribution in [1.82, 2.24) is 10.3 Å². The van der Waals surface area contributed by atoms with Crippen LogP contribution in [0, 0.1) is 0 Å². The summed E-state index contributed by atoms with van der Waals surface area (Å²) in [4.78, 5) is 16.6. The Labute approximate surface area is 142 Å². The minimum absolute atomic E-state index is 0.126. The van der Waals surface area contributed by atoms with Crippen LogP contribution in [-0.2, 0) is 0 Å². The first kappa shape index (κ1) is 17.5. The van der Waals surface area contributed by atoms with Crippen molar-refractivity contribution >= 4 is 12.0 Å². The molecule has 0 aliphatic heterocycles. The summed E-state index contributed by atoms with van der Waals surface area (Å²) in [5, 5.41) is 2.98. The average molecular weight is 326 g/mol. The lowest BCUT2D eigenvalue weighted by atomic mass is 10.1. The standard InChI is InChI=1S/C19H22N2O3/c1-5-6-15-11-16(12-17(23-3)18(15)24-4)19(22)21-13(2)14-7-9-20-10-8-14/h5-13H,1-4H3,(H,21,22)/b6-5+. The molecule has 2 aromatic rings. The number of aromatic nitrogens is 1. The SMILES string of the molecule is C/C=C/c1cc(C(=O)NC(C)c2ccncc2)cc(OC)c1OC.